The molecular formula is C22H26N4O4. The van der Waals surface area contributed by atoms with Gasteiger partial charge in [0.25, 0.3) is 11.5 Å². The largest absolute Gasteiger partial charge is 0.441 e. The van der Waals surface area contributed by atoms with E-state index in [-0.39, 0.29) is 29.3 Å². The van der Waals surface area contributed by atoms with E-state index in [1.165, 1.54) is 6.42 Å². The third-order valence-corrected chi connectivity index (χ3v) is 6.76. The van der Waals surface area contributed by atoms with Crippen LogP contribution >= 0.6 is 0 Å². The molecule has 2 saturated heterocycles. The number of hydrogen-bond donors (Lipinski definition) is 1. The average Bonchev–Trinajstić information content (AvgIpc) is 3.08. The fraction of sp³-hybridized carbons (Fsp3) is 0.545. The molecule has 2 amide bonds. The van der Waals surface area contributed by atoms with Crippen molar-refractivity contribution in [1.82, 2.24) is 19.8 Å². The molecule has 8 heteroatoms. The third kappa shape index (κ3) is 3.34. The van der Waals surface area contributed by atoms with E-state index in [0.717, 1.165) is 25.7 Å². The molecule has 0 radical (unpaired) electrons. The molecule has 158 valence electrons. The number of amides is 2. The number of aromatic amines is 1. The molecule has 30 heavy (non-hydrogen) atoms. The zero-order chi connectivity index (χ0) is 20.7. The first-order valence-corrected chi connectivity index (χ1v) is 10.8. The number of fused-ring (bicyclic) bond motifs is 1. The number of nitrogens with one attached hydrogen (secondary N) is 1. The smallest absolute Gasteiger partial charge is 0.410 e. The number of rotatable bonds is 2. The van der Waals surface area contributed by atoms with Crippen LogP contribution in [0.3, 0.4) is 0 Å². The molecule has 1 aromatic heterocycles. The summed E-state index contributed by atoms with van der Waals surface area (Å²) < 4.78 is 5.81. The number of H-pyrrole nitrogens is 1. The molecule has 8 nitrogen and oxygen atoms in total. The molecule has 0 atom stereocenters. The number of para-hydroxylation sites is 2. The minimum Gasteiger partial charge on any atom is -0.441 e. The van der Waals surface area contributed by atoms with Crippen LogP contribution in [0.2, 0.25) is 0 Å². The third-order valence-electron chi connectivity index (χ3n) is 6.76. The molecule has 1 N–H and O–H groups in total. The minimum absolute atomic E-state index is 0.0747. The molecule has 3 aliphatic rings. The second kappa shape index (κ2) is 7.41. The highest BCUT2D eigenvalue weighted by atomic mass is 16.6. The Morgan fingerprint density at radius 3 is 2.60 bits per heavy atom. The van der Waals surface area contributed by atoms with E-state index in [1.54, 1.807) is 17.0 Å². The molecule has 2 aromatic rings. The van der Waals surface area contributed by atoms with Crippen molar-refractivity contribution in [1.29, 1.82) is 0 Å². The molecule has 3 fully saturated rings. The second-order valence-electron chi connectivity index (χ2n) is 8.69. The fourth-order valence-electron chi connectivity index (χ4n) is 5.09. The summed E-state index contributed by atoms with van der Waals surface area (Å²) >= 11 is 0. The lowest BCUT2D eigenvalue weighted by atomic mass is 9.84. The quantitative estimate of drug-likeness (QED) is 0.821. The van der Waals surface area contributed by atoms with Crippen molar-refractivity contribution in [2.24, 2.45) is 0 Å². The number of nitrogens with zero attached hydrogens (tertiary/aromatic N) is 3. The van der Waals surface area contributed by atoms with Gasteiger partial charge in [0.2, 0.25) is 0 Å². The molecule has 3 heterocycles. The van der Waals surface area contributed by atoms with Gasteiger partial charge in [-0.1, -0.05) is 18.6 Å². The predicted molar refractivity (Wildman–Crippen MR) is 110 cm³/mol. The summed E-state index contributed by atoms with van der Waals surface area (Å²) in [7, 11) is 0. The van der Waals surface area contributed by atoms with E-state index in [4.69, 9.17) is 4.74 Å². The van der Waals surface area contributed by atoms with E-state index in [0.29, 0.717) is 43.5 Å². The SMILES string of the molecule is O=C(c1nc2ccccc2[nH]c1=O)N1CCC(N2CC3(CCCCC3)OC2=O)CC1. The highest BCUT2D eigenvalue weighted by Gasteiger charge is 2.48. The van der Waals surface area contributed by atoms with Crippen LogP contribution < -0.4 is 5.56 Å². The first kappa shape index (κ1) is 19.1. The van der Waals surface area contributed by atoms with Crippen LogP contribution in [0.4, 0.5) is 4.79 Å². The van der Waals surface area contributed by atoms with Gasteiger partial charge in [-0.2, -0.15) is 0 Å². The maximum Gasteiger partial charge on any atom is 0.410 e. The predicted octanol–water partition coefficient (Wildman–Crippen LogP) is 2.68. The van der Waals surface area contributed by atoms with E-state index in [1.807, 2.05) is 17.0 Å². The van der Waals surface area contributed by atoms with Gasteiger partial charge in [-0.3, -0.25) is 9.59 Å². The molecule has 2 aliphatic heterocycles. The van der Waals surface area contributed by atoms with Crippen LogP contribution in [0.1, 0.15) is 55.4 Å². The van der Waals surface area contributed by atoms with Gasteiger partial charge in [-0.25, -0.2) is 9.78 Å². The van der Waals surface area contributed by atoms with Crippen LogP contribution in [0.5, 0.6) is 0 Å². The van der Waals surface area contributed by atoms with Crippen molar-refractivity contribution in [3.05, 3.63) is 40.3 Å². The van der Waals surface area contributed by atoms with Gasteiger partial charge in [0.05, 0.1) is 17.6 Å². The number of carbonyl (C=O) groups is 2. The van der Waals surface area contributed by atoms with E-state index in [2.05, 4.69) is 9.97 Å². The van der Waals surface area contributed by atoms with Gasteiger partial charge < -0.3 is 19.5 Å². The van der Waals surface area contributed by atoms with Crippen LogP contribution in [-0.2, 0) is 4.74 Å². The van der Waals surface area contributed by atoms with Crippen molar-refractivity contribution >= 4 is 23.0 Å². The van der Waals surface area contributed by atoms with E-state index in [9.17, 15) is 14.4 Å². The summed E-state index contributed by atoms with van der Waals surface area (Å²) in [6, 6.07) is 7.24. The number of piperidine rings is 1. The number of likely N-dealkylation sites (tertiary alicyclic amines) is 1. The molecule has 1 saturated carbocycles. The molecule has 1 aromatic carbocycles. The number of ether oxygens (including phenoxy) is 1. The summed E-state index contributed by atoms with van der Waals surface area (Å²) in [4.78, 5) is 48.4. The van der Waals surface area contributed by atoms with Crippen LogP contribution in [0, 0.1) is 0 Å². The van der Waals surface area contributed by atoms with Crippen molar-refractivity contribution in [3.63, 3.8) is 0 Å². The number of hydrogen-bond acceptors (Lipinski definition) is 5. The highest BCUT2D eigenvalue weighted by molar-refractivity contribution is 5.93. The normalized spacial score (nSPS) is 21.9. The van der Waals surface area contributed by atoms with Crippen LogP contribution in [0.15, 0.2) is 29.1 Å². The Labute approximate surface area is 174 Å². The molecule has 0 unspecified atom stereocenters. The molecule has 5 rings (SSSR count). The van der Waals surface area contributed by atoms with Crippen molar-refractivity contribution in [3.8, 4) is 0 Å². The first-order valence-electron chi connectivity index (χ1n) is 10.8. The summed E-state index contributed by atoms with van der Waals surface area (Å²) in [6.45, 7) is 1.65. The Morgan fingerprint density at radius 2 is 1.83 bits per heavy atom. The lowest BCUT2D eigenvalue weighted by molar-refractivity contribution is 0.0259. The number of benzene rings is 1. The lowest BCUT2D eigenvalue weighted by Gasteiger charge is -2.36. The highest BCUT2D eigenvalue weighted by Crippen LogP contribution is 2.38. The van der Waals surface area contributed by atoms with E-state index >= 15 is 0 Å². The van der Waals surface area contributed by atoms with Crippen LogP contribution in [0.25, 0.3) is 11.0 Å². The second-order valence-corrected chi connectivity index (χ2v) is 8.69. The monoisotopic (exact) mass is 410 g/mol. The lowest BCUT2D eigenvalue weighted by Crippen LogP contribution is -2.49. The maximum atomic E-state index is 12.9. The standard InChI is InChI=1S/C22H26N4O4/c27-19-18(23-16-6-2-3-7-17(16)24-19)20(28)25-12-8-15(9-13-25)26-14-22(30-21(26)29)10-4-1-5-11-22/h2-3,6-7,15H,1,4-5,8-14H2,(H,24,27). The van der Waals surface area contributed by atoms with Gasteiger partial charge in [0.1, 0.15) is 5.60 Å². The Bertz CT molecular complexity index is 1030. The van der Waals surface area contributed by atoms with Crippen LogP contribution in [-0.4, -0.2) is 63.0 Å². The summed E-state index contributed by atoms with van der Waals surface area (Å²) in [5, 5.41) is 0. The Kier molecular flexibility index (Phi) is 4.72. The fourth-order valence-corrected chi connectivity index (χ4v) is 5.09. The van der Waals surface area contributed by atoms with Crippen molar-refractivity contribution in [2.75, 3.05) is 19.6 Å². The summed E-state index contributed by atoms with van der Waals surface area (Å²) in [5.41, 5.74) is 0.358. The molecule has 1 spiro atoms. The minimum atomic E-state index is -0.469. The maximum absolute atomic E-state index is 12.9. The van der Waals surface area contributed by atoms with Gasteiger partial charge >= 0.3 is 6.09 Å². The van der Waals surface area contributed by atoms with Gasteiger partial charge in [-0.05, 0) is 50.7 Å². The van der Waals surface area contributed by atoms with Gasteiger partial charge in [-0.15, -0.1) is 0 Å². The molecular weight excluding hydrogens is 384 g/mol. The number of carbonyl (C=O) groups excluding carboxylic acids is 2. The molecule has 1 aliphatic carbocycles. The Balaban J connectivity index is 1.26. The zero-order valence-corrected chi connectivity index (χ0v) is 16.9. The van der Waals surface area contributed by atoms with Gasteiger partial charge in [0.15, 0.2) is 5.69 Å². The first-order chi connectivity index (χ1) is 14.5. The Morgan fingerprint density at radius 1 is 1.10 bits per heavy atom. The van der Waals surface area contributed by atoms with Gasteiger partial charge in [0, 0.05) is 19.1 Å². The topological polar surface area (TPSA) is 95.6 Å². The Hall–Kier alpha value is -2.90. The molecule has 0 bridgehead atoms. The summed E-state index contributed by atoms with van der Waals surface area (Å²) in [5.74, 6) is -0.354. The zero-order valence-electron chi connectivity index (χ0n) is 16.9. The number of aromatic nitrogens is 2. The summed E-state index contributed by atoms with van der Waals surface area (Å²) in [6.07, 6.45) is 6.48. The van der Waals surface area contributed by atoms with Crippen molar-refractivity contribution in [2.45, 2.75) is 56.6 Å². The average molecular weight is 410 g/mol. The van der Waals surface area contributed by atoms with E-state index < -0.39 is 5.56 Å². The van der Waals surface area contributed by atoms with Crippen molar-refractivity contribution < 1.29 is 14.3 Å².